The van der Waals surface area contributed by atoms with E-state index in [-0.39, 0.29) is 0 Å². The second-order valence-corrected chi connectivity index (χ2v) is 35.4. The molecule has 2 aliphatic heterocycles. The van der Waals surface area contributed by atoms with E-state index in [0.717, 1.165) is 93.6 Å². The summed E-state index contributed by atoms with van der Waals surface area (Å²) in [7, 11) is 0. The largest absolute Gasteiger partial charge is 0.455 e. The van der Waals surface area contributed by atoms with E-state index in [1.807, 2.05) is 146 Å². The number of ether oxygens (including phenoxy) is 3. The number of hydrogen-bond donors (Lipinski definition) is 0. The number of rotatable bonds is 10. The van der Waals surface area contributed by atoms with Gasteiger partial charge < -0.3 is 14.2 Å². The molecule has 12 nitrogen and oxygen atoms in total. The Morgan fingerprint density at radius 1 is 0.153 bits per heavy atom. The predicted molar refractivity (Wildman–Crippen MR) is 560 cm³/mol. The third-order valence-electron chi connectivity index (χ3n) is 26.1. The lowest BCUT2D eigenvalue weighted by Gasteiger charge is -2.20. The summed E-state index contributed by atoms with van der Waals surface area (Å²) < 4.78 is 20.7. The maximum Gasteiger partial charge on any atom is 0.235 e. The van der Waals surface area contributed by atoms with Crippen LogP contribution in [0.25, 0.3) is 227 Å². The lowest BCUT2D eigenvalue weighted by Crippen LogP contribution is -2.03. The maximum absolute atomic E-state index is 6.20. The quantitative estimate of drug-likeness (QED) is 0.121. The standard InChI is InChI=1S/C46H29N3.C39H23N3O2.C39H23N3OS/c1-3-13-30(14-4-1)42-29-43(31-15-5-2-6-16-31)48-46(47-42)49-44-22-12-11-21-39(44)41-28-33(24-26-45(41)49)32-23-25-38-36-19-8-7-17-34(36)35-18-9-10-20-37(35)40(38)27-32;1-2-10-24(11-3-1)37-40-38(42-39(41-37)26-19-21-35-36(23-26)44-34-17-9-8-16-33(34)43-35)25-18-20-31-29-14-5-4-12-27(29)28-13-6-7-15-30(28)32(31)22-25;1-2-10-24(11-3-1)37-40-38(42-39(41-37)26-19-21-34-36(23-26)44-35-17-9-8-16-33(35)43-34)25-18-20-31-29-14-5-4-12-27(29)28-13-6-7-15-30(28)32(31)22-25/h1-29H;2*1-23H. The third kappa shape index (κ3) is 14.4. The molecule has 0 radical (unpaired) electrons. The van der Waals surface area contributed by atoms with Gasteiger partial charge in [-0.2, -0.15) is 0 Å². The van der Waals surface area contributed by atoms with Gasteiger partial charge in [-0.25, -0.2) is 39.9 Å². The molecule has 137 heavy (non-hydrogen) atoms. The van der Waals surface area contributed by atoms with Gasteiger partial charge in [0.1, 0.15) is 11.5 Å². The lowest BCUT2D eigenvalue weighted by atomic mass is 9.92. The van der Waals surface area contributed by atoms with Crippen molar-refractivity contribution in [3.8, 4) is 142 Å². The average Bonchev–Trinajstić information content (AvgIpc) is 1.15. The zero-order chi connectivity index (χ0) is 90.4. The molecule has 0 bridgehead atoms. The second-order valence-electron chi connectivity index (χ2n) is 34.3. The van der Waals surface area contributed by atoms with Crippen LogP contribution in [0.5, 0.6) is 34.5 Å². The van der Waals surface area contributed by atoms with Gasteiger partial charge in [-0.15, -0.1) is 0 Å². The number of aromatic nitrogens is 9. The van der Waals surface area contributed by atoms with E-state index < -0.39 is 0 Å². The van der Waals surface area contributed by atoms with Gasteiger partial charge >= 0.3 is 0 Å². The normalized spacial score (nSPS) is 11.9. The van der Waals surface area contributed by atoms with Gasteiger partial charge in [0.2, 0.25) is 5.95 Å². The minimum atomic E-state index is 0.558. The van der Waals surface area contributed by atoms with Gasteiger partial charge in [0.15, 0.2) is 57.9 Å². The van der Waals surface area contributed by atoms with Crippen molar-refractivity contribution in [2.45, 2.75) is 9.79 Å². The van der Waals surface area contributed by atoms with Gasteiger partial charge in [0.25, 0.3) is 0 Å². The molecular formula is C124H75N9O3S. The predicted octanol–water partition coefficient (Wildman–Crippen LogP) is 32.9. The number of benzene rings is 22. The molecule has 28 rings (SSSR count). The van der Waals surface area contributed by atoms with Crippen LogP contribution in [0.1, 0.15) is 0 Å². The summed E-state index contributed by atoms with van der Waals surface area (Å²) in [5.74, 6) is 8.68. The Morgan fingerprint density at radius 3 is 0.861 bits per heavy atom. The van der Waals surface area contributed by atoms with E-state index in [1.54, 1.807) is 11.8 Å². The van der Waals surface area contributed by atoms with Crippen molar-refractivity contribution in [3.63, 3.8) is 0 Å². The summed E-state index contributed by atoms with van der Waals surface area (Å²) in [5.41, 5.74) is 13.9. The molecule has 13 heteroatoms. The molecule has 0 unspecified atom stereocenters. The number of nitrogens with zero attached hydrogens (tertiary/aromatic N) is 9. The van der Waals surface area contributed by atoms with E-state index >= 15 is 0 Å². The highest BCUT2D eigenvalue weighted by molar-refractivity contribution is 7.99. The first-order valence-corrected chi connectivity index (χ1v) is 46.5. The molecule has 2 aliphatic rings. The zero-order valence-electron chi connectivity index (χ0n) is 73.5. The SMILES string of the molecule is c1ccc(-c2cc(-c3ccccc3)nc(-n3c4ccccc4c4cc(-c5ccc6c7ccccc7c7ccccc7c6c5)ccc43)n2)cc1.c1ccc(-c2nc(-c3ccc4c(c3)Oc3ccccc3O4)nc(-c3ccc4c5ccccc5c5ccccc5c4c3)n2)cc1.c1ccc(-c2nc(-c3ccc4c(c3)Sc3ccccc3O4)nc(-c3ccc4c5ccccc5c5ccccc5c4c3)n2)cc1. The molecular weight excluding hydrogens is 1700 g/mol. The number of para-hydroxylation sites is 4. The summed E-state index contributed by atoms with van der Waals surface area (Å²) in [6.07, 6.45) is 0. The van der Waals surface area contributed by atoms with Crippen LogP contribution in [0.3, 0.4) is 0 Å². The van der Waals surface area contributed by atoms with Gasteiger partial charge in [-0.3, -0.25) is 4.57 Å². The van der Waals surface area contributed by atoms with Crippen molar-refractivity contribution in [2.24, 2.45) is 0 Å². The molecule has 0 saturated heterocycles. The summed E-state index contributed by atoms with van der Waals surface area (Å²) >= 11 is 1.70. The first-order chi connectivity index (χ1) is 67.9. The van der Waals surface area contributed by atoms with E-state index in [1.165, 1.54) is 113 Å². The molecule has 0 saturated carbocycles. The summed E-state index contributed by atoms with van der Waals surface area (Å²) in [6, 6.07) is 158. The van der Waals surface area contributed by atoms with Crippen LogP contribution >= 0.6 is 11.8 Å². The minimum Gasteiger partial charge on any atom is -0.455 e. The van der Waals surface area contributed by atoms with Crippen molar-refractivity contribution in [2.75, 3.05) is 0 Å². The monoisotopic (exact) mass is 1770 g/mol. The molecule has 26 aromatic rings. The molecule has 0 atom stereocenters. The van der Waals surface area contributed by atoms with Crippen molar-refractivity contribution in [1.29, 1.82) is 0 Å². The van der Waals surface area contributed by atoms with Crippen LogP contribution in [-0.2, 0) is 0 Å². The van der Waals surface area contributed by atoms with Crippen LogP contribution in [0.2, 0.25) is 0 Å². The third-order valence-corrected chi connectivity index (χ3v) is 27.2. The van der Waals surface area contributed by atoms with Crippen molar-refractivity contribution >= 4 is 131 Å². The van der Waals surface area contributed by atoms with E-state index in [4.69, 9.17) is 54.1 Å². The highest BCUT2D eigenvalue weighted by Gasteiger charge is 2.26. The lowest BCUT2D eigenvalue weighted by molar-refractivity contribution is 0.360. The van der Waals surface area contributed by atoms with E-state index in [9.17, 15) is 0 Å². The molecule has 0 N–H and O–H groups in total. The Labute approximate surface area is 790 Å². The molecule has 4 aromatic heterocycles. The Balaban J connectivity index is 0.000000107. The highest BCUT2D eigenvalue weighted by Crippen LogP contribution is 2.51. The molecule has 22 aromatic carbocycles. The van der Waals surface area contributed by atoms with Gasteiger partial charge in [-0.1, -0.05) is 364 Å². The minimum absolute atomic E-state index is 0.558. The van der Waals surface area contributed by atoms with Crippen molar-refractivity contribution < 1.29 is 14.2 Å². The van der Waals surface area contributed by atoms with Crippen LogP contribution in [0, 0.1) is 0 Å². The Morgan fingerprint density at radius 2 is 0.423 bits per heavy atom. The molecule has 640 valence electrons. The zero-order valence-corrected chi connectivity index (χ0v) is 74.3. The van der Waals surface area contributed by atoms with E-state index in [0.29, 0.717) is 63.9 Å². The van der Waals surface area contributed by atoms with Crippen LogP contribution < -0.4 is 14.2 Å². The fourth-order valence-electron chi connectivity index (χ4n) is 19.6. The molecule has 0 amide bonds. The van der Waals surface area contributed by atoms with Crippen molar-refractivity contribution in [1.82, 2.24) is 44.4 Å². The fraction of sp³-hybridized carbons (Fsp3) is 0. The maximum atomic E-state index is 6.20. The number of fused-ring (bicyclic) bond motifs is 25. The molecule has 0 fully saturated rings. The van der Waals surface area contributed by atoms with Gasteiger partial charge in [-0.05, 0) is 211 Å². The van der Waals surface area contributed by atoms with E-state index in [2.05, 4.69) is 314 Å². The Bertz CT molecular complexity index is 8890. The van der Waals surface area contributed by atoms with Gasteiger partial charge in [0.05, 0.1) is 32.2 Å². The number of hydrogen-bond acceptors (Lipinski definition) is 12. The summed E-state index contributed by atoms with van der Waals surface area (Å²) in [6.45, 7) is 0. The highest BCUT2D eigenvalue weighted by atomic mass is 32.2. The first kappa shape index (κ1) is 79.8. The van der Waals surface area contributed by atoms with Crippen LogP contribution in [0.15, 0.2) is 465 Å². The Hall–Kier alpha value is -18.2. The topological polar surface area (TPSA) is 136 Å². The van der Waals surface area contributed by atoms with Crippen molar-refractivity contribution in [3.05, 3.63) is 455 Å². The fourth-order valence-corrected chi connectivity index (χ4v) is 20.6. The molecule has 0 spiro atoms. The summed E-state index contributed by atoms with van der Waals surface area (Å²) in [5, 5.41) is 24.7. The first-order valence-electron chi connectivity index (χ1n) is 45.7. The molecule has 6 heterocycles. The van der Waals surface area contributed by atoms with Crippen LogP contribution in [-0.4, -0.2) is 44.4 Å². The average molecular weight is 1770 g/mol. The van der Waals surface area contributed by atoms with Gasteiger partial charge in [0, 0.05) is 55.3 Å². The van der Waals surface area contributed by atoms with Crippen LogP contribution in [0.4, 0.5) is 0 Å². The smallest absolute Gasteiger partial charge is 0.235 e. The summed E-state index contributed by atoms with van der Waals surface area (Å²) in [4.78, 5) is 42.5. The Kier molecular flexibility index (Phi) is 19.6. The second kappa shape index (κ2) is 33.6. The molecule has 0 aliphatic carbocycles.